The van der Waals surface area contributed by atoms with Crippen molar-refractivity contribution in [2.75, 3.05) is 0 Å². The molecule has 8 heteroatoms. The molecule has 3 aromatic rings. The Hall–Kier alpha value is -3.26. The van der Waals surface area contributed by atoms with E-state index in [0.29, 0.717) is 5.56 Å². The van der Waals surface area contributed by atoms with Gasteiger partial charge in [0, 0.05) is 34.2 Å². The number of nitro benzene ring substituents is 1. The third kappa shape index (κ3) is 4.61. The average molecular weight is 356 g/mol. The summed E-state index contributed by atoms with van der Waals surface area (Å²) in [5.41, 5.74) is 1.15. The van der Waals surface area contributed by atoms with E-state index in [2.05, 4.69) is 4.98 Å². The number of hydrogen-bond donors (Lipinski definition) is 1. The van der Waals surface area contributed by atoms with E-state index in [1.807, 2.05) is 30.3 Å². The smallest absolute Gasteiger partial charge is 0.290 e. The van der Waals surface area contributed by atoms with E-state index in [4.69, 9.17) is 9.90 Å². The molecular formula is C17H12N2O5S. The molecule has 0 unspecified atom stereocenters. The van der Waals surface area contributed by atoms with Gasteiger partial charge in [-0.15, -0.1) is 0 Å². The van der Waals surface area contributed by atoms with Crippen LogP contribution in [0.4, 0.5) is 5.69 Å². The fraction of sp³-hybridized carbons (Fsp3) is 0. The van der Waals surface area contributed by atoms with Gasteiger partial charge in [-0.05, 0) is 36.0 Å². The van der Waals surface area contributed by atoms with Crippen LogP contribution in [-0.2, 0) is 4.79 Å². The monoisotopic (exact) mass is 356 g/mol. The molecule has 0 radical (unpaired) electrons. The number of para-hydroxylation sites is 1. The molecule has 0 spiro atoms. The largest absolute Gasteiger partial charge is 0.483 e. The summed E-state index contributed by atoms with van der Waals surface area (Å²) in [6, 6.07) is 15.0. The van der Waals surface area contributed by atoms with Gasteiger partial charge in [-0.25, -0.2) is 0 Å². The highest BCUT2D eigenvalue weighted by Crippen LogP contribution is 2.29. The summed E-state index contributed by atoms with van der Waals surface area (Å²) in [6.45, 7) is -0.250. The van der Waals surface area contributed by atoms with Gasteiger partial charge in [0.05, 0.1) is 10.4 Å². The van der Waals surface area contributed by atoms with Gasteiger partial charge in [-0.2, -0.15) is 0 Å². The Morgan fingerprint density at radius 1 is 1.12 bits per heavy atom. The number of pyridine rings is 1. The first-order valence-electron chi connectivity index (χ1n) is 6.95. The summed E-state index contributed by atoms with van der Waals surface area (Å²) in [5.74, 6) is 0. The SMILES string of the molecule is O=C(Sc1cccc2cccnc12)c1ccc([N+](=O)[O-])cc1.O=CO. The minimum absolute atomic E-state index is 0.0339. The molecule has 25 heavy (non-hydrogen) atoms. The highest BCUT2D eigenvalue weighted by atomic mass is 32.2. The predicted molar refractivity (Wildman–Crippen MR) is 93.7 cm³/mol. The number of non-ortho nitro benzene ring substituents is 1. The number of aromatic nitrogens is 1. The lowest BCUT2D eigenvalue weighted by molar-refractivity contribution is -0.384. The van der Waals surface area contributed by atoms with Crippen molar-refractivity contribution in [1.29, 1.82) is 0 Å². The Morgan fingerprint density at radius 2 is 1.76 bits per heavy atom. The number of nitrogens with zero attached hydrogens (tertiary/aromatic N) is 2. The predicted octanol–water partition coefficient (Wildman–Crippen LogP) is 3.78. The zero-order valence-corrected chi connectivity index (χ0v) is 13.6. The first-order chi connectivity index (χ1) is 12.1. The minimum Gasteiger partial charge on any atom is -0.483 e. The lowest BCUT2D eigenvalue weighted by Gasteiger charge is -2.04. The molecule has 0 aliphatic heterocycles. The fourth-order valence-electron chi connectivity index (χ4n) is 2.04. The molecule has 0 atom stereocenters. The third-order valence-electron chi connectivity index (χ3n) is 3.11. The molecule has 2 aromatic carbocycles. The number of fused-ring (bicyclic) bond motifs is 1. The molecular weight excluding hydrogens is 344 g/mol. The lowest BCUT2D eigenvalue weighted by atomic mass is 10.2. The molecule has 3 rings (SSSR count). The van der Waals surface area contributed by atoms with Gasteiger partial charge in [-0.1, -0.05) is 18.2 Å². The van der Waals surface area contributed by atoms with Crippen molar-refractivity contribution in [3.05, 3.63) is 76.5 Å². The first kappa shape index (κ1) is 18.1. The summed E-state index contributed by atoms with van der Waals surface area (Å²) in [5, 5.41) is 18.3. The fourth-order valence-corrected chi connectivity index (χ4v) is 2.90. The van der Waals surface area contributed by atoms with E-state index in [9.17, 15) is 14.9 Å². The normalized spacial score (nSPS) is 9.76. The zero-order chi connectivity index (χ0) is 18.2. The second-order valence-electron chi connectivity index (χ2n) is 4.63. The van der Waals surface area contributed by atoms with Crippen LogP contribution in [0.15, 0.2) is 65.7 Å². The molecule has 126 valence electrons. The zero-order valence-electron chi connectivity index (χ0n) is 12.7. The molecule has 1 heterocycles. The topological polar surface area (TPSA) is 110 Å². The maximum atomic E-state index is 12.3. The van der Waals surface area contributed by atoms with Crippen molar-refractivity contribution in [3.63, 3.8) is 0 Å². The van der Waals surface area contributed by atoms with Crippen LogP contribution < -0.4 is 0 Å². The first-order valence-corrected chi connectivity index (χ1v) is 7.76. The van der Waals surface area contributed by atoms with E-state index in [-0.39, 0.29) is 17.3 Å². The molecule has 0 bridgehead atoms. The Kier molecular flexibility index (Phi) is 6.19. The molecule has 0 aliphatic carbocycles. The number of thioether (sulfide) groups is 1. The maximum absolute atomic E-state index is 12.3. The number of benzene rings is 2. The quantitative estimate of drug-likeness (QED) is 0.329. The lowest BCUT2D eigenvalue weighted by Crippen LogP contribution is -1.95. The molecule has 7 nitrogen and oxygen atoms in total. The molecule has 1 aromatic heterocycles. The van der Waals surface area contributed by atoms with Gasteiger partial charge >= 0.3 is 0 Å². The summed E-state index contributed by atoms with van der Waals surface area (Å²) in [4.78, 5) is 35.9. The van der Waals surface area contributed by atoms with Crippen LogP contribution in [0.1, 0.15) is 10.4 Å². The average Bonchev–Trinajstić information content (AvgIpc) is 2.63. The number of hydrogen-bond acceptors (Lipinski definition) is 6. The number of nitro groups is 1. The van der Waals surface area contributed by atoms with Gasteiger partial charge in [-0.3, -0.25) is 24.7 Å². The second kappa shape index (κ2) is 8.55. The van der Waals surface area contributed by atoms with E-state index >= 15 is 0 Å². The third-order valence-corrected chi connectivity index (χ3v) is 4.08. The van der Waals surface area contributed by atoms with Crippen molar-refractivity contribution in [3.8, 4) is 0 Å². The van der Waals surface area contributed by atoms with Crippen LogP contribution in [0, 0.1) is 10.1 Å². The Morgan fingerprint density at radius 3 is 2.40 bits per heavy atom. The van der Waals surface area contributed by atoms with Gasteiger partial charge in [0.1, 0.15) is 0 Å². The van der Waals surface area contributed by atoms with Crippen LogP contribution in [0.3, 0.4) is 0 Å². The van der Waals surface area contributed by atoms with Crippen molar-refractivity contribution in [2.45, 2.75) is 4.90 Å². The van der Waals surface area contributed by atoms with E-state index in [1.165, 1.54) is 24.3 Å². The standard InChI is InChI=1S/C16H10N2O3S.CH2O2/c19-16(12-6-8-13(9-7-12)18(20)21)22-14-5-1-3-11-4-2-10-17-15(11)14;2-1-3/h1-10H;1H,(H,2,3). The Bertz CT molecular complexity index is 907. The highest BCUT2D eigenvalue weighted by molar-refractivity contribution is 8.14. The van der Waals surface area contributed by atoms with Crippen LogP contribution in [0.5, 0.6) is 0 Å². The van der Waals surface area contributed by atoms with Crippen molar-refractivity contribution in [2.24, 2.45) is 0 Å². The van der Waals surface area contributed by atoms with Gasteiger partial charge in [0.2, 0.25) is 5.12 Å². The van der Waals surface area contributed by atoms with Gasteiger partial charge in [0.15, 0.2) is 0 Å². The van der Waals surface area contributed by atoms with Crippen molar-refractivity contribution in [1.82, 2.24) is 4.98 Å². The highest BCUT2D eigenvalue weighted by Gasteiger charge is 2.13. The molecule has 0 saturated carbocycles. The molecule has 0 fully saturated rings. The Labute approximate surface area is 146 Å². The Balaban J connectivity index is 0.000000701. The number of carboxylic acid groups (broad SMARTS) is 1. The summed E-state index contributed by atoms with van der Waals surface area (Å²) < 4.78 is 0. The maximum Gasteiger partial charge on any atom is 0.290 e. The minimum atomic E-state index is -0.490. The van der Waals surface area contributed by atoms with E-state index in [1.54, 1.807) is 6.20 Å². The summed E-state index contributed by atoms with van der Waals surface area (Å²) >= 11 is 1.07. The van der Waals surface area contributed by atoms with E-state index in [0.717, 1.165) is 27.6 Å². The van der Waals surface area contributed by atoms with Gasteiger partial charge in [0.25, 0.3) is 12.2 Å². The molecule has 1 N–H and O–H groups in total. The van der Waals surface area contributed by atoms with Crippen molar-refractivity contribution < 1.29 is 19.6 Å². The van der Waals surface area contributed by atoms with Crippen molar-refractivity contribution >= 4 is 39.9 Å². The number of carbonyl (C=O) groups is 2. The summed E-state index contributed by atoms with van der Waals surface area (Å²) in [7, 11) is 0. The second-order valence-corrected chi connectivity index (χ2v) is 5.64. The molecule has 0 amide bonds. The van der Waals surface area contributed by atoms with Crippen LogP contribution in [-0.4, -0.2) is 26.6 Å². The molecule has 0 aliphatic rings. The van der Waals surface area contributed by atoms with Crippen LogP contribution in [0.2, 0.25) is 0 Å². The molecule has 0 saturated heterocycles. The number of rotatable bonds is 3. The number of carbonyl (C=O) groups excluding carboxylic acids is 1. The van der Waals surface area contributed by atoms with Gasteiger partial charge < -0.3 is 5.11 Å². The van der Waals surface area contributed by atoms with E-state index < -0.39 is 4.92 Å². The summed E-state index contributed by atoms with van der Waals surface area (Å²) in [6.07, 6.45) is 1.68. The van der Waals surface area contributed by atoms with Crippen LogP contribution >= 0.6 is 11.8 Å². The van der Waals surface area contributed by atoms with Crippen LogP contribution in [0.25, 0.3) is 10.9 Å².